The van der Waals surface area contributed by atoms with Crippen LogP contribution in [0.15, 0.2) is 48.8 Å². The number of fused-ring (bicyclic) bond motifs is 1. The Morgan fingerprint density at radius 1 is 1.12 bits per heavy atom. The molecule has 2 heterocycles. The molecule has 0 aliphatic carbocycles. The Bertz CT molecular complexity index is 883. The van der Waals surface area contributed by atoms with E-state index in [4.69, 9.17) is 9.47 Å². The summed E-state index contributed by atoms with van der Waals surface area (Å²) in [6.45, 7) is 5.12. The zero-order valence-electron chi connectivity index (χ0n) is 14.5. The molecule has 134 valence electrons. The van der Waals surface area contributed by atoms with Crippen molar-refractivity contribution in [3.63, 3.8) is 0 Å². The topological polar surface area (TPSA) is 56.6 Å². The summed E-state index contributed by atoms with van der Waals surface area (Å²) in [4.78, 5) is 17.8. The van der Waals surface area contributed by atoms with Crippen molar-refractivity contribution in [2.45, 2.75) is 0 Å². The van der Waals surface area contributed by atoms with E-state index in [1.54, 1.807) is 12.4 Å². The Balaban J connectivity index is 1.43. The molecule has 6 heteroatoms. The maximum Gasteiger partial charge on any atom is 0.150 e. The van der Waals surface area contributed by atoms with Gasteiger partial charge in [-0.15, -0.1) is 0 Å². The van der Waals surface area contributed by atoms with E-state index in [0.29, 0.717) is 12.2 Å². The number of benzene rings is 2. The van der Waals surface area contributed by atoms with E-state index < -0.39 is 0 Å². The first-order valence-electron chi connectivity index (χ1n) is 8.79. The number of aromatic nitrogens is 2. The summed E-state index contributed by atoms with van der Waals surface area (Å²) in [5, 5.41) is 0. The van der Waals surface area contributed by atoms with Gasteiger partial charge in [-0.3, -0.25) is 14.3 Å². The van der Waals surface area contributed by atoms with Crippen LogP contribution in [0.2, 0.25) is 0 Å². The van der Waals surface area contributed by atoms with Gasteiger partial charge in [-0.25, -0.2) is 4.98 Å². The fourth-order valence-electron chi connectivity index (χ4n) is 3.12. The standard InChI is InChI=1S/C20H21N3O3/c24-14-16-1-6-19-20(13-16)23(15-21-19)17-2-4-18(5-3-17)26-12-9-22-7-10-25-11-8-22/h1-6,13-15H,7-12H2. The zero-order valence-corrected chi connectivity index (χ0v) is 14.5. The van der Waals surface area contributed by atoms with E-state index in [2.05, 4.69) is 9.88 Å². The van der Waals surface area contributed by atoms with Crippen LogP contribution in [-0.4, -0.2) is 60.2 Å². The minimum atomic E-state index is 0.641. The number of hydrogen-bond acceptors (Lipinski definition) is 5. The van der Waals surface area contributed by atoms with Crippen molar-refractivity contribution < 1.29 is 14.3 Å². The molecule has 0 unspecified atom stereocenters. The molecule has 0 bridgehead atoms. The molecule has 0 spiro atoms. The van der Waals surface area contributed by atoms with Crippen molar-refractivity contribution in [1.29, 1.82) is 0 Å². The molecule has 3 aromatic rings. The van der Waals surface area contributed by atoms with Crippen molar-refractivity contribution in [2.75, 3.05) is 39.5 Å². The predicted molar refractivity (Wildman–Crippen MR) is 99.2 cm³/mol. The molecule has 1 fully saturated rings. The van der Waals surface area contributed by atoms with E-state index >= 15 is 0 Å². The number of ether oxygens (including phenoxy) is 2. The molecule has 0 saturated carbocycles. The summed E-state index contributed by atoms with van der Waals surface area (Å²) in [7, 11) is 0. The average molecular weight is 351 g/mol. The minimum Gasteiger partial charge on any atom is -0.492 e. The quantitative estimate of drug-likeness (QED) is 0.639. The molecular formula is C20H21N3O3. The lowest BCUT2D eigenvalue weighted by molar-refractivity contribution is 0.0322. The Morgan fingerprint density at radius 3 is 2.69 bits per heavy atom. The van der Waals surface area contributed by atoms with Crippen LogP contribution in [0, 0.1) is 0 Å². The van der Waals surface area contributed by atoms with Gasteiger partial charge in [0, 0.05) is 30.9 Å². The van der Waals surface area contributed by atoms with Crippen LogP contribution < -0.4 is 4.74 Å². The molecule has 26 heavy (non-hydrogen) atoms. The molecule has 1 saturated heterocycles. The smallest absolute Gasteiger partial charge is 0.150 e. The van der Waals surface area contributed by atoms with Gasteiger partial charge in [0.05, 0.1) is 24.2 Å². The lowest BCUT2D eigenvalue weighted by Gasteiger charge is -2.26. The Hall–Kier alpha value is -2.70. The summed E-state index contributed by atoms with van der Waals surface area (Å²) < 4.78 is 13.2. The number of rotatable bonds is 6. The number of aldehydes is 1. The molecule has 6 nitrogen and oxygen atoms in total. The molecule has 0 N–H and O–H groups in total. The first-order valence-corrected chi connectivity index (χ1v) is 8.79. The van der Waals surface area contributed by atoms with Gasteiger partial charge < -0.3 is 9.47 Å². The van der Waals surface area contributed by atoms with Crippen LogP contribution in [0.1, 0.15) is 10.4 Å². The summed E-state index contributed by atoms with van der Waals surface area (Å²) >= 11 is 0. The lowest BCUT2D eigenvalue weighted by Crippen LogP contribution is -2.38. The maximum atomic E-state index is 11.0. The lowest BCUT2D eigenvalue weighted by atomic mass is 10.2. The van der Waals surface area contributed by atoms with Crippen LogP contribution in [0.5, 0.6) is 5.75 Å². The third-order valence-corrected chi connectivity index (χ3v) is 4.60. The molecule has 2 aromatic carbocycles. The van der Waals surface area contributed by atoms with Gasteiger partial charge in [0.2, 0.25) is 0 Å². The zero-order chi connectivity index (χ0) is 17.8. The highest BCUT2D eigenvalue weighted by atomic mass is 16.5. The highest BCUT2D eigenvalue weighted by molar-refractivity contribution is 5.85. The van der Waals surface area contributed by atoms with E-state index in [0.717, 1.165) is 61.6 Å². The van der Waals surface area contributed by atoms with Crippen molar-refractivity contribution in [2.24, 2.45) is 0 Å². The second kappa shape index (κ2) is 7.68. The number of hydrogen-bond donors (Lipinski definition) is 0. The van der Waals surface area contributed by atoms with Crippen molar-refractivity contribution in [3.8, 4) is 11.4 Å². The number of nitrogens with zero attached hydrogens (tertiary/aromatic N) is 3. The molecule has 0 atom stereocenters. The first kappa shape index (κ1) is 16.8. The van der Waals surface area contributed by atoms with Crippen LogP contribution in [0.3, 0.4) is 0 Å². The van der Waals surface area contributed by atoms with Gasteiger partial charge in [-0.05, 0) is 42.5 Å². The molecule has 0 amide bonds. The van der Waals surface area contributed by atoms with Crippen LogP contribution in [-0.2, 0) is 4.74 Å². The van der Waals surface area contributed by atoms with Crippen molar-refractivity contribution in [3.05, 3.63) is 54.4 Å². The summed E-state index contributed by atoms with van der Waals surface area (Å²) in [5.74, 6) is 0.847. The van der Waals surface area contributed by atoms with Gasteiger partial charge in [0.25, 0.3) is 0 Å². The second-order valence-corrected chi connectivity index (χ2v) is 6.28. The second-order valence-electron chi connectivity index (χ2n) is 6.28. The van der Waals surface area contributed by atoms with Crippen molar-refractivity contribution in [1.82, 2.24) is 14.5 Å². The molecular weight excluding hydrogens is 330 g/mol. The summed E-state index contributed by atoms with van der Waals surface area (Å²) in [5.41, 5.74) is 3.40. The number of imidazole rings is 1. The Morgan fingerprint density at radius 2 is 1.92 bits per heavy atom. The van der Waals surface area contributed by atoms with Crippen molar-refractivity contribution >= 4 is 17.3 Å². The van der Waals surface area contributed by atoms with E-state index in [-0.39, 0.29) is 0 Å². The number of morpholine rings is 1. The third-order valence-electron chi connectivity index (χ3n) is 4.60. The predicted octanol–water partition coefficient (Wildman–Crippen LogP) is 2.55. The van der Waals surface area contributed by atoms with Crippen LogP contribution >= 0.6 is 0 Å². The van der Waals surface area contributed by atoms with Gasteiger partial charge in [-0.2, -0.15) is 0 Å². The Kier molecular flexibility index (Phi) is 4.95. The normalized spacial score (nSPS) is 15.2. The van der Waals surface area contributed by atoms with E-state index in [1.807, 2.05) is 41.0 Å². The Labute approximate surface area is 152 Å². The van der Waals surface area contributed by atoms with Crippen LogP contribution in [0.25, 0.3) is 16.7 Å². The largest absolute Gasteiger partial charge is 0.492 e. The maximum absolute atomic E-state index is 11.0. The van der Waals surface area contributed by atoms with Gasteiger partial charge in [0.15, 0.2) is 0 Å². The first-order chi connectivity index (χ1) is 12.8. The number of carbonyl (C=O) groups is 1. The van der Waals surface area contributed by atoms with Crippen LogP contribution in [0.4, 0.5) is 0 Å². The summed E-state index contributed by atoms with van der Waals surface area (Å²) in [6.07, 6.45) is 2.62. The summed E-state index contributed by atoms with van der Waals surface area (Å²) in [6, 6.07) is 13.4. The highest BCUT2D eigenvalue weighted by Crippen LogP contribution is 2.21. The molecule has 4 rings (SSSR count). The number of carbonyl (C=O) groups excluding carboxylic acids is 1. The average Bonchev–Trinajstić information content (AvgIpc) is 3.12. The van der Waals surface area contributed by atoms with E-state index in [1.165, 1.54) is 0 Å². The molecule has 0 radical (unpaired) electrons. The fourth-order valence-corrected chi connectivity index (χ4v) is 3.12. The monoisotopic (exact) mass is 351 g/mol. The molecule has 1 aliphatic rings. The van der Waals surface area contributed by atoms with Gasteiger partial charge in [-0.1, -0.05) is 0 Å². The third kappa shape index (κ3) is 3.61. The SMILES string of the molecule is O=Cc1ccc2ncn(-c3ccc(OCCN4CCOCC4)cc3)c2c1. The van der Waals surface area contributed by atoms with Gasteiger partial charge >= 0.3 is 0 Å². The molecule has 1 aliphatic heterocycles. The highest BCUT2D eigenvalue weighted by Gasteiger charge is 2.10. The van der Waals surface area contributed by atoms with Gasteiger partial charge in [0.1, 0.15) is 25.0 Å². The fraction of sp³-hybridized carbons (Fsp3) is 0.300. The molecule has 1 aromatic heterocycles. The van der Waals surface area contributed by atoms with E-state index in [9.17, 15) is 4.79 Å². The minimum absolute atomic E-state index is 0.641.